The van der Waals surface area contributed by atoms with Crippen LogP contribution in [-0.2, 0) is 0 Å². The predicted molar refractivity (Wildman–Crippen MR) is 50.9 cm³/mol. The van der Waals surface area contributed by atoms with E-state index in [0.717, 1.165) is 17.8 Å². The smallest absolute Gasteiger partial charge is 0.0120 e. The molecule has 0 aromatic rings. The largest absolute Gasteiger partial charge is 0.327 e. The van der Waals surface area contributed by atoms with Crippen LogP contribution in [0.25, 0.3) is 0 Å². The van der Waals surface area contributed by atoms with Crippen LogP contribution in [0.2, 0.25) is 0 Å². The molecule has 0 aromatic heterocycles. The average Bonchev–Trinajstić information content (AvgIpc) is 2.02. The third-order valence-electron chi connectivity index (χ3n) is 3.30. The number of nitrogens with zero attached hydrogens (tertiary/aromatic N) is 1. The molecule has 3 rings (SSSR count). The van der Waals surface area contributed by atoms with E-state index in [2.05, 4.69) is 18.7 Å². The lowest BCUT2D eigenvalue weighted by Gasteiger charge is -2.52. The molecule has 0 radical (unpaired) electrons. The summed E-state index contributed by atoms with van der Waals surface area (Å²) in [6, 6.07) is 0.536. The molecule has 0 aromatic carbocycles. The van der Waals surface area contributed by atoms with E-state index >= 15 is 0 Å². The molecule has 2 nitrogen and oxygen atoms in total. The van der Waals surface area contributed by atoms with Crippen LogP contribution in [0, 0.1) is 17.8 Å². The van der Waals surface area contributed by atoms with Crippen molar-refractivity contribution in [2.24, 2.45) is 23.5 Å². The van der Waals surface area contributed by atoms with Crippen molar-refractivity contribution in [1.29, 1.82) is 0 Å². The number of fused-ring (bicyclic) bond motifs is 2. The van der Waals surface area contributed by atoms with Crippen molar-refractivity contribution in [3.8, 4) is 0 Å². The average molecular weight is 168 g/mol. The fourth-order valence-corrected chi connectivity index (χ4v) is 2.69. The van der Waals surface area contributed by atoms with Crippen LogP contribution in [0.3, 0.4) is 0 Å². The summed E-state index contributed by atoms with van der Waals surface area (Å²) < 4.78 is 0. The van der Waals surface area contributed by atoms with Gasteiger partial charge in [-0.2, -0.15) is 0 Å². The predicted octanol–water partition coefficient (Wildman–Crippen LogP) is 0.921. The van der Waals surface area contributed by atoms with Crippen LogP contribution in [0.1, 0.15) is 20.3 Å². The molecule has 3 fully saturated rings. The summed E-state index contributed by atoms with van der Waals surface area (Å²) in [5, 5.41) is 0. The molecule has 0 amide bonds. The van der Waals surface area contributed by atoms with Crippen molar-refractivity contribution >= 4 is 0 Å². The molecule has 2 bridgehead atoms. The highest BCUT2D eigenvalue weighted by Crippen LogP contribution is 2.38. The Morgan fingerprint density at radius 3 is 2.33 bits per heavy atom. The molecule has 2 aliphatic heterocycles. The van der Waals surface area contributed by atoms with E-state index in [1.807, 2.05) is 0 Å². The highest BCUT2D eigenvalue weighted by Gasteiger charge is 2.44. The first-order valence-electron chi connectivity index (χ1n) is 5.14. The number of hydrogen-bond donors (Lipinski definition) is 1. The van der Waals surface area contributed by atoms with Crippen molar-refractivity contribution < 1.29 is 0 Å². The Balaban J connectivity index is 1.83. The Morgan fingerprint density at radius 2 is 1.92 bits per heavy atom. The number of hydrogen-bond acceptors (Lipinski definition) is 2. The molecule has 2 N–H and O–H groups in total. The first-order chi connectivity index (χ1) is 5.66. The highest BCUT2D eigenvalue weighted by atomic mass is 15.2. The van der Waals surface area contributed by atoms with Crippen LogP contribution in [0.5, 0.6) is 0 Å². The summed E-state index contributed by atoms with van der Waals surface area (Å²) in [7, 11) is 0. The van der Waals surface area contributed by atoms with Gasteiger partial charge in [0.1, 0.15) is 0 Å². The maximum absolute atomic E-state index is 5.99. The summed E-state index contributed by atoms with van der Waals surface area (Å²) >= 11 is 0. The number of nitrogens with two attached hydrogens (primary N) is 1. The second-order valence-electron chi connectivity index (χ2n) is 4.95. The lowest BCUT2D eigenvalue weighted by atomic mass is 9.66. The summed E-state index contributed by atoms with van der Waals surface area (Å²) in [5.41, 5.74) is 5.99. The molecule has 2 saturated heterocycles. The number of piperidine rings is 2. The molecule has 1 saturated carbocycles. The molecule has 2 atom stereocenters. The maximum Gasteiger partial charge on any atom is 0.0120 e. The minimum atomic E-state index is 0.536. The van der Waals surface area contributed by atoms with Crippen LogP contribution in [0.15, 0.2) is 0 Å². The van der Waals surface area contributed by atoms with E-state index in [4.69, 9.17) is 5.73 Å². The van der Waals surface area contributed by atoms with Gasteiger partial charge in [-0.25, -0.2) is 0 Å². The monoisotopic (exact) mass is 168 g/mol. The molecule has 12 heavy (non-hydrogen) atoms. The van der Waals surface area contributed by atoms with E-state index in [-0.39, 0.29) is 0 Å². The Morgan fingerprint density at radius 1 is 1.33 bits per heavy atom. The second-order valence-corrected chi connectivity index (χ2v) is 4.95. The zero-order chi connectivity index (χ0) is 8.72. The molecule has 70 valence electrons. The maximum atomic E-state index is 5.99. The summed E-state index contributed by atoms with van der Waals surface area (Å²) in [5.74, 6) is 2.45. The molecule has 3 aliphatic rings. The molecule has 0 unspecified atom stereocenters. The van der Waals surface area contributed by atoms with Gasteiger partial charge in [-0.3, -0.25) is 0 Å². The van der Waals surface area contributed by atoms with Gasteiger partial charge in [-0.15, -0.1) is 0 Å². The van der Waals surface area contributed by atoms with Crippen molar-refractivity contribution in [3.05, 3.63) is 0 Å². The Bertz CT molecular complexity index is 155. The van der Waals surface area contributed by atoms with Crippen molar-refractivity contribution in [1.82, 2.24) is 4.90 Å². The zero-order valence-corrected chi connectivity index (χ0v) is 8.16. The van der Waals surface area contributed by atoms with Gasteiger partial charge in [0.2, 0.25) is 0 Å². The van der Waals surface area contributed by atoms with Gasteiger partial charge in [0.25, 0.3) is 0 Å². The van der Waals surface area contributed by atoms with Gasteiger partial charge < -0.3 is 10.6 Å². The van der Waals surface area contributed by atoms with Gasteiger partial charge in [0.05, 0.1) is 0 Å². The third-order valence-corrected chi connectivity index (χ3v) is 3.30. The molecule has 2 heteroatoms. The van der Waals surface area contributed by atoms with Crippen LogP contribution < -0.4 is 5.73 Å². The topological polar surface area (TPSA) is 29.3 Å². The fourth-order valence-electron chi connectivity index (χ4n) is 2.69. The quantitative estimate of drug-likeness (QED) is 0.664. The van der Waals surface area contributed by atoms with Crippen molar-refractivity contribution in [2.75, 3.05) is 19.6 Å². The number of rotatable bonds is 2. The molecule has 0 spiro atoms. The van der Waals surface area contributed by atoms with Gasteiger partial charge in [-0.1, -0.05) is 13.8 Å². The first kappa shape index (κ1) is 8.52. The normalized spacial score (nSPS) is 41.5. The Labute approximate surface area is 75.1 Å². The minimum absolute atomic E-state index is 0.536. The second kappa shape index (κ2) is 3.00. The van der Waals surface area contributed by atoms with Gasteiger partial charge >= 0.3 is 0 Å². The minimum Gasteiger partial charge on any atom is -0.327 e. The lowest BCUT2D eigenvalue weighted by Crippen LogP contribution is -2.62. The fraction of sp³-hybridized carbons (Fsp3) is 1.00. The zero-order valence-electron chi connectivity index (χ0n) is 8.16. The van der Waals surface area contributed by atoms with Crippen LogP contribution in [-0.4, -0.2) is 30.6 Å². The summed E-state index contributed by atoms with van der Waals surface area (Å²) in [6.07, 6.45) is 1.40. The lowest BCUT2D eigenvalue weighted by molar-refractivity contribution is -0.00229. The van der Waals surface area contributed by atoms with Gasteiger partial charge in [-0.05, 0) is 24.2 Å². The van der Waals surface area contributed by atoms with E-state index < -0.39 is 0 Å². The summed E-state index contributed by atoms with van der Waals surface area (Å²) in [6.45, 7) is 8.37. The van der Waals surface area contributed by atoms with E-state index in [1.165, 1.54) is 26.1 Å². The Kier molecular flexibility index (Phi) is 2.13. The highest BCUT2D eigenvalue weighted by molar-refractivity contribution is 4.99. The third kappa shape index (κ3) is 1.38. The molecular formula is C10H20N2. The molecular weight excluding hydrogens is 148 g/mol. The first-order valence-corrected chi connectivity index (χ1v) is 5.14. The van der Waals surface area contributed by atoms with E-state index in [1.54, 1.807) is 0 Å². The SMILES string of the molecule is CC(C)CN1C[C@H]2C[C@H](C1)C2N. The molecule has 1 aliphatic carbocycles. The van der Waals surface area contributed by atoms with Crippen LogP contribution in [0.4, 0.5) is 0 Å². The van der Waals surface area contributed by atoms with E-state index in [0.29, 0.717) is 6.04 Å². The van der Waals surface area contributed by atoms with Gasteiger partial charge in [0.15, 0.2) is 0 Å². The van der Waals surface area contributed by atoms with Crippen molar-refractivity contribution in [3.63, 3.8) is 0 Å². The molecule has 2 heterocycles. The summed E-state index contributed by atoms with van der Waals surface area (Å²) in [4.78, 5) is 2.59. The van der Waals surface area contributed by atoms with Crippen LogP contribution >= 0.6 is 0 Å². The van der Waals surface area contributed by atoms with Crippen molar-refractivity contribution in [2.45, 2.75) is 26.3 Å². The standard InChI is InChI=1S/C10H20N2/c1-7(2)4-12-5-8-3-9(6-12)10(8)11/h7-10H,3-6,11H2,1-2H3/t8-,9-/m1/s1. The van der Waals surface area contributed by atoms with Gasteiger partial charge in [0, 0.05) is 25.7 Å². The van der Waals surface area contributed by atoms with E-state index in [9.17, 15) is 0 Å². The Hall–Kier alpha value is -0.0800.